The van der Waals surface area contributed by atoms with Gasteiger partial charge in [-0.2, -0.15) is 0 Å². The Balaban J connectivity index is 2.32. The van der Waals surface area contributed by atoms with Gasteiger partial charge in [-0.25, -0.2) is 9.59 Å². The molecule has 0 saturated heterocycles. The molecule has 0 aliphatic heterocycles. The molecular weight excluding hydrogens is 256 g/mol. The van der Waals surface area contributed by atoms with Crippen molar-refractivity contribution in [2.45, 2.75) is 45.2 Å². The molecule has 0 aliphatic rings. The minimum atomic E-state index is -1.01. The minimum absolute atomic E-state index is 0.0125. The predicted molar refractivity (Wildman–Crippen MR) is 77.6 cm³/mol. The van der Waals surface area contributed by atoms with Gasteiger partial charge in [-0.1, -0.05) is 37.3 Å². The number of nitrogens with one attached hydrogen (secondary N) is 2. The van der Waals surface area contributed by atoms with Crippen LogP contribution in [0.2, 0.25) is 0 Å². The highest BCUT2D eigenvalue weighted by Crippen LogP contribution is 2.04. The van der Waals surface area contributed by atoms with Crippen LogP contribution >= 0.6 is 0 Å². The average molecular weight is 278 g/mol. The van der Waals surface area contributed by atoms with Crippen molar-refractivity contribution in [1.82, 2.24) is 10.6 Å². The van der Waals surface area contributed by atoms with Gasteiger partial charge < -0.3 is 15.7 Å². The summed E-state index contributed by atoms with van der Waals surface area (Å²) in [5.74, 6) is -1.01. The molecule has 110 valence electrons. The normalized spacial score (nSPS) is 13.3. The van der Waals surface area contributed by atoms with Crippen LogP contribution in [-0.2, 0) is 11.2 Å². The second kappa shape index (κ2) is 8.19. The molecule has 0 saturated carbocycles. The summed E-state index contributed by atoms with van der Waals surface area (Å²) in [6, 6.07) is 8.75. The Kier molecular flexibility index (Phi) is 6.56. The van der Waals surface area contributed by atoms with Gasteiger partial charge in [0, 0.05) is 6.04 Å². The van der Waals surface area contributed by atoms with Crippen LogP contribution in [0.4, 0.5) is 4.79 Å². The number of aliphatic carboxylic acids is 1. The van der Waals surface area contributed by atoms with Gasteiger partial charge in [-0.05, 0) is 31.7 Å². The Labute approximate surface area is 119 Å². The number of rotatable bonds is 7. The number of benzene rings is 1. The van der Waals surface area contributed by atoms with Crippen LogP contribution in [0.1, 0.15) is 32.3 Å². The smallest absolute Gasteiger partial charge is 0.326 e. The zero-order valence-electron chi connectivity index (χ0n) is 11.9. The molecule has 5 heteroatoms. The summed E-state index contributed by atoms with van der Waals surface area (Å²) in [5.41, 5.74) is 1.22. The molecule has 0 aliphatic carbocycles. The number of amides is 2. The van der Waals surface area contributed by atoms with Crippen molar-refractivity contribution in [2.24, 2.45) is 0 Å². The van der Waals surface area contributed by atoms with Gasteiger partial charge in [0.2, 0.25) is 0 Å². The highest BCUT2D eigenvalue weighted by molar-refractivity contribution is 5.82. The molecule has 1 aromatic carbocycles. The zero-order chi connectivity index (χ0) is 15.0. The van der Waals surface area contributed by atoms with Crippen molar-refractivity contribution in [3.63, 3.8) is 0 Å². The van der Waals surface area contributed by atoms with Crippen molar-refractivity contribution in [2.75, 3.05) is 0 Å². The van der Waals surface area contributed by atoms with E-state index in [1.165, 1.54) is 5.56 Å². The first-order valence-corrected chi connectivity index (χ1v) is 6.86. The maximum absolute atomic E-state index is 11.7. The first-order chi connectivity index (χ1) is 9.52. The van der Waals surface area contributed by atoms with Crippen LogP contribution in [0, 0.1) is 0 Å². The summed E-state index contributed by atoms with van der Waals surface area (Å²) in [6.45, 7) is 3.63. The number of carbonyl (C=O) groups excluding carboxylic acids is 1. The second-order valence-corrected chi connectivity index (χ2v) is 4.84. The molecule has 1 rings (SSSR count). The highest BCUT2D eigenvalue weighted by atomic mass is 16.4. The fourth-order valence-corrected chi connectivity index (χ4v) is 1.86. The molecule has 0 radical (unpaired) electrons. The summed E-state index contributed by atoms with van der Waals surface area (Å²) in [4.78, 5) is 22.5. The van der Waals surface area contributed by atoms with E-state index >= 15 is 0 Å². The lowest BCUT2D eigenvalue weighted by Crippen LogP contribution is -2.48. The number of hydrogen-bond donors (Lipinski definition) is 3. The standard InChI is InChI=1S/C15H22N2O3/c1-3-13(14(18)19)17-15(20)16-11(2)9-10-12-7-5-4-6-8-12/h4-8,11,13H,3,9-10H2,1-2H3,(H,18,19)(H2,16,17,20)/t11?,13-/m0/s1. The molecular formula is C15H22N2O3. The average Bonchev–Trinajstić information content (AvgIpc) is 2.43. The van der Waals surface area contributed by atoms with E-state index in [0.717, 1.165) is 12.8 Å². The fraction of sp³-hybridized carbons (Fsp3) is 0.467. The number of aryl methyl sites for hydroxylation is 1. The van der Waals surface area contributed by atoms with E-state index in [9.17, 15) is 9.59 Å². The third-order valence-corrected chi connectivity index (χ3v) is 3.10. The zero-order valence-corrected chi connectivity index (χ0v) is 11.9. The first kappa shape index (κ1) is 16.0. The number of hydrogen-bond acceptors (Lipinski definition) is 2. The summed E-state index contributed by atoms with van der Waals surface area (Å²) in [7, 11) is 0. The van der Waals surface area contributed by atoms with Gasteiger partial charge in [0.05, 0.1) is 0 Å². The summed E-state index contributed by atoms with van der Waals surface area (Å²) in [6.07, 6.45) is 2.04. The lowest BCUT2D eigenvalue weighted by Gasteiger charge is -2.17. The number of carboxylic acids is 1. The Bertz CT molecular complexity index is 434. The largest absolute Gasteiger partial charge is 0.480 e. The van der Waals surface area contributed by atoms with Gasteiger partial charge in [0.25, 0.3) is 0 Å². The van der Waals surface area contributed by atoms with Crippen LogP contribution in [0.25, 0.3) is 0 Å². The Morgan fingerprint density at radius 2 is 1.85 bits per heavy atom. The van der Waals surface area contributed by atoms with Crippen LogP contribution < -0.4 is 10.6 Å². The SMILES string of the molecule is CC[C@H](NC(=O)NC(C)CCc1ccccc1)C(=O)O. The van der Waals surface area contributed by atoms with Crippen LogP contribution in [0.3, 0.4) is 0 Å². The Morgan fingerprint density at radius 1 is 1.20 bits per heavy atom. The maximum atomic E-state index is 11.7. The molecule has 0 aromatic heterocycles. The second-order valence-electron chi connectivity index (χ2n) is 4.84. The topological polar surface area (TPSA) is 78.4 Å². The quantitative estimate of drug-likeness (QED) is 0.715. The maximum Gasteiger partial charge on any atom is 0.326 e. The first-order valence-electron chi connectivity index (χ1n) is 6.86. The van der Waals surface area contributed by atoms with Crippen molar-refractivity contribution in [3.8, 4) is 0 Å². The van der Waals surface area contributed by atoms with Crippen LogP contribution in [-0.4, -0.2) is 29.2 Å². The monoisotopic (exact) mass is 278 g/mol. The van der Waals surface area contributed by atoms with Gasteiger partial charge in [0.15, 0.2) is 0 Å². The molecule has 0 fully saturated rings. The van der Waals surface area contributed by atoms with Crippen molar-refractivity contribution >= 4 is 12.0 Å². The van der Waals surface area contributed by atoms with Gasteiger partial charge in [-0.3, -0.25) is 0 Å². The molecule has 0 bridgehead atoms. The Morgan fingerprint density at radius 3 is 2.40 bits per heavy atom. The summed E-state index contributed by atoms with van der Waals surface area (Å²) in [5, 5.41) is 14.1. The van der Waals surface area contributed by atoms with E-state index in [4.69, 9.17) is 5.11 Å². The lowest BCUT2D eigenvalue weighted by atomic mass is 10.1. The third kappa shape index (κ3) is 5.73. The molecule has 5 nitrogen and oxygen atoms in total. The van der Waals surface area contributed by atoms with Crippen molar-refractivity contribution in [1.29, 1.82) is 0 Å². The number of carbonyl (C=O) groups is 2. The third-order valence-electron chi connectivity index (χ3n) is 3.10. The van der Waals surface area contributed by atoms with E-state index in [0.29, 0.717) is 6.42 Å². The summed E-state index contributed by atoms with van der Waals surface area (Å²) < 4.78 is 0. The number of carboxylic acid groups (broad SMARTS) is 1. The highest BCUT2D eigenvalue weighted by Gasteiger charge is 2.18. The molecule has 3 N–H and O–H groups in total. The van der Waals surface area contributed by atoms with E-state index in [-0.39, 0.29) is 6.04 Å². The molecule has 20 heavy (non-hydrogen) atoms. The van der Waals surface area contributed by atoms with E-state index in [1.54, 1.807) is 6.92 Å². The molecule has 0 heterocycles. The minimum Gasteiger partial charge on any atom is -0.480 e. The predicted octanol–water partition coefficient (Wildman–Crippen LogP) is 2.17. The molecule has 1 unspecified atom stereocenters. The van der Waals surface area contributed by atoms with Crippen molar-refractivity contribution < 1.29 is 14.7 Å². The van der Waals surface area contributed by atoms with Crippen LogP contribution in [0.5, 0.6) is 0 Å². The van der Waals surface area contributed by atoms with Gasteiger partial charge in [-0.15, -0.1) is 0 Å². The molecule has 0 spiro atoms. The van der Waals surface area contributed by atoms with E-state index in [1.807, 2.05) is 37.3 Å². The molecule has 1 aromatic rings. The molecule has 2 atom stereocenters. The van der Waals surface area contributed by atoms with Crippen molar-refractivity contribution in [3.05, 3.63) is 35.9 Å². The van der Waals surface area contributed by atoms with E-state index in [2.05, 4.69) is 10.6 Å². The Hall–Kier alpha value is -2.04. The lowest BCUT2D eigenvalue weighted by molar-refractivity contribution is -0.139. The van der Waals surface area contributed by atoms with Gasteiger partial charge >= 0.3 is 12.0 Å². The fourth-order valence-electron chi connectivity index (χ4n) is 1.86. The van der Waals surface area contributed by atoms with Gasteiger partial charge in [0.1, 0.15) is 6.04 Å². The van der Waals surface area contributed by atoms with E-state index < -0.39 is 18.0 Å². The summed E-state index contributed by atoms with van der Waals surface area (Å²) >= 11 is 0. The molecule has 2 amide bonds. The van der Waals surface area contributed by atoms with Crippen LogP contribution in [0.15, 0.2) is 30.3 Å². The number of urea groups is 1.